The maximum atomic E-state index is 12.4. The van der Waals surface area contributed by atoms with Crippen LogP contribution in [-0.4, -0.2) is 24.0 Å². The number of nitrogens with one attached hydrogen (secondary N) is 2. The first-order valence-electron chi connectivity index (χ1n) is 7.30. The minimum absolute atomic E-state index is 0.00135. The summed E-state index contributed by atoms with van der Waals surface area (Å²) < 4.78 is 4.97. The van der Waals surface area contributed by atoms with Crippen LogP contribution in [0.15, 0.2) is 18.2 Å². The molecule has 112 valence electrons. The molecule has 0 aromatic heterocycles. The number of piperidine rings is 1. The van der Waals surface area contributed by atoms with Crippen LogP contribution in [-0.2, 0) is 16.1 Å². The fourth-order valence-corrected chi connectivity index (χ4v) is 3.03. The molecule has 2 aliphatic heterocycles. The zero-order valence-electron chi connectivity index (χ0n) is 12.4. The predicted octanol–water partition coefficient (Wildman–Crippen LogP) is 2.07. The number of esters is 1. The van der Waals surface area contributed by atoms with E-state index in [-0.39, 0.29) is 23.3 Å². The van der Waals surface area contributed by atoms with Crippen molar-refractivity contribution in [3.8, 4) is 0 Å². The Morgan fingerprint density at radius 3 is 3.00 bits per heavy atom. The van der Waals surface area contributed by atoms with Crippen molar-refractivity contribution in [2.45, 2.75) is 38.8 Å². The Bertz CT molecular complexity index is 595. The number of hydrogen-bond donors (Lipinski definition) is 2. The van der Waals surface area contributed by atoms with Gasteiger partial charge in [0.05, 0.1) is 5.56 Å². The number of carbonyl (C=O) groups excluding carboxylic acids is 2. The normalized spacial score (nSPS) is 23.3. The summed E-state index contributed by atoms with van der Waals surface area (Å²) in [5, 5.41) is 6.33. The molecule has 0 bridgehead atoms. The number of carbonyl (C=O) groups is 2. The van der Waals surface area contributed by atoms with Crippen LogP contribution in [0.4, 0.5) is 5.69 Å². The van der Waals surface area contributed by atoms with E-state index >= 15 is 0 Å². The number of fused-ring (bicyclic) bond motifs is 1. The highest BCUT2D eigenvalue weighted by Crippen LogP contribution is 2.27. The lowest BCUT2D eigenvalue weighted by atomic mass is 9.84. The van der Waals surface area contributed by atoms with Crippen LogP contribution < -0.4 is 10.6 Å². The van der Waals surface area contributed by atoms with Crippen molar-refractivity contribution in [2.75, 3.05) is 11.9 Å². The quantitative estimate of drug-likeness (QED) is 0.818. The number of amides is 1. The third-order valence-electron chi connectivity index (χ3n) is 4.18. The molecule has 2 N–H and O–H groups in total. The number of cyclic esters (lactones) is 1. The van der Waals surface area contributed by atoms with Gasteiger partial charge >= 0.3 is 5.97 Å². The molecule has 3 rings (SSSR count). The summed E-state index contributed by atoms with van der Waals surface area (Å²) in [7, 11) is 0. The topological polar surface area (TPSA) is 67.4 Å². The second-order valence-corrected chi connectivity index (χ2v) is 6.44. The highest BCUT2D eigenvalue weighted by Gasteiger charge is 2.31. The van der Waals surface area contributed by atoms with Gasteiger partial charge < -0.3 is 15.4 Å². The smallest absolute Gasteiger partial charge is 0.338 e. The Hall–Kier alpha value is -1.88. The zero-order chi connectivity index (χ0) is 15.0. The Labute approximate surface area is 124 Å². The SMILES string of the molecule is CC1(C)C[C@H](C(=O)Nc2ccc3c(c2)C(=O)OC3)CCN1. The molecule has 1 aromatic carbocycles. The van der Waals surface area contributed by atoms with Gasteiger partial charge in [0.2, 0.25) is 5.91 Å². The molecule has 1 saturated heterocycles. The number of ether oxygens (including phenoxy) is 1. The van der Waals surface area contributed by atoms with E-state index in [1.807, 2.05) is 12.1 Å². The minimum Gasteiger partial charge on any atom is -0.457 e. The monoisotopic (exact) mass is 288 g/mol. The van der Waals surface area contributed by atoms with Crippen LogP contribution in [0.25, 0.3) is 0 Å². The summed E-state index contributed by atoms with van der Waals surface area (Å²) >= 11 is 0. The standard InChI is InChI=1S/C16H20N2O3/c1-16(2)8-10(5-6-17-16)14(19)18-12-4-3-11-9-21-15(20)13(11)7-12/h3-4,7,10,17H,5-6,8-9H2,1-2H3,(H,18,19)/t10-/m1/s1. The third-order valence-corrected chi connectivity index (χ3v) is 4.18. The molecular formula is C16H20N2O3. The second-order valence-electron chi connectivity index (χ2n) is 6.44. The van der Waals surface area contributed by atoms with Crippen molar-refractivity contribution in [3.63, 3.8) is 0 Å². The van der Waals surface area contributed by atoms with E-state index in [1.54, 1.807) is 6.07 Å². The number of benzene rings is 1. The van der Waals surface area contributed by atoms with Crippen molar-refractivity contribution >= 4 is 17.6 Å². The van der Waals surface area contributed by atoms with E-state index in [0.717, 1.165) is 24.9 Å². The first-order chi connectivity index (χ1) is 9.94. The third kappa shape index (κ3) is 2.93. The maximum absolute atomic E-state index is 12.4. The molecule has 1 aromatic rings. The minimum atomic E-state index is -0.316. The molecule has 21 heavy (non-hydrogen) atoms. The first-order valence-corrected chi connectivity index (χ1v) is 7.30. The number of hydrogen-bond acceptors (Lipinski definition) is 4. The maximum Gasteiger partial charge on any atom is 0.338 e. The molecule has 1 fully saturated rings. The molecule has 5 nitrogen and oxygen atoms in total. The van der Waals surface area contributed by atoms with Gasteiger partial charge in [-0.3, -0.25) is 4.79 Å². The van der Waals surface area contributed by atoms with Crippen LogP contribution in [0.5, 0.6) is 0 Å². The van der Waals surface area contributed by atoms with E-state index in [4.69, 9.17) is 4.74 Å². The van der Waals surface area contributed by atoms with Crippen LogP contribution in [0.3, 0.4) is 0 Å². The second kappa shape index (κ2) is 5.15. The van der Waals surface area contributed by atoms with Gasteiger partial charge in [-0.25, -0.2) is 4.79 Å². The largest absolute Gasteiger partial charge is 0.457 e. The summed E-state index contributed by atoms with van der Waals surface area (Å²) in [5.41, 5.74) is 2.08. The average molecular weight is 288 g/mol. The molecule has 0 saturated carbocycles. The van der Waals surface area contributed by atoms with Gasteiger partial charge in [0.1, 0.15) is 6.61 Å². The first kappa shape index (κ1) is 14.1. The summed E-state index contributed by atoms with van der Waals surface area (Å²) in [6.45, 7) is 5.39. The van der Waals surface area contributed by atoms with Crippen LogP contribution >= 0.6 is 0 Å². The van der Waals surface area contributed by atoms with Crippen LogP contribution in [0, 0.1) is 5.92 Å². The average Bonchev–Trinajstić information content (AvgIpc) is 2.79. The van der Waals surface area contributed by atoms with Crippen molar-refractivity contribution in [2.24, 2.45) is 5.92 Å². The highest BCUT2D eigenvalue weighted by molar-refractivity contribution is 5.97. The molecule has 2 aliphatic rings. The summed E-state index contributed by atoms with van der Waals surface area (Å²) in [6, 6.07) is 5.36. The number of anilines is 1. The van der Waals surface area contributed by atoms with Crippen molar-refractivity contribution in [1.82, 2.24) is 5.32 Å². The summed E-state index contributed by atoms with van der Waals surface area (Å²) in [6.07, 6.45) is 1.65. The van der Waals surface area contributed by atoms with Gasteiger partial charge in [0.25, 0.3) is 0 Å². The van der Waals surface area contributed by atoms with Crippen LogP contribution in [0.2, 0.25) is 0 Å². The van der Waals surface area contributed by atoms with Crippen molar-refractivity contribution < 1.29 is 14.3 Å². The van der Waals surface area contributed by atoms with Gasteiger partial charge in [-0.2, -0.15) is 0 Å². The molecule has 5 heteroatoms. The molecular weight excluding hydrogens is 268 g/mol. The summed E-state index contributed by atoms with van der Waals surface area (Å²) in [5.74, 6) is -0.290. The Morgan fingerprint density at radius 2 is 2.24 bits per heavy atom. The molecule has 0 radical (unpaired) electrons. The molecule has 0 spiro atoms. The fourth-order valence-electron chi connectivity index (χ4n) is 3.03. The predicted molar refractivity (Wildman–Crippen MR) is 79.0 cm³/mol. The van der Waals surface area contributed by atoms with Crippen molar-refractivity contribution in [3.05, 3.63) is 29.3 Å². The Morgan fingerprint density at radius 1 is 1.43 bits per heavy atom. The molecule has 1 atom stereocenters. The molecule has 0 unspecified atom stereocenters. The van der Waals surface area contributed by atoms with Gasteiger partial charge in [0, 0.05) is 22.7 Å². The van der Waals surface area contributed by atoms with Gasteiger partial charge in [-0.05, 0) is 45.4 Å². The molecule has 1 amide bonds. The summed E-state index contributed by atoms with van der Waals surface area (Å²) in [4.78, 5) is 23.9. The van der Waals surface area contributed by atoms with E-state index in [9.17, 15) is 9.59 Å². The van der Waals surface area contributed by atoms with E-state index in [0.29, 0.717) is 17.9 Å². The lowest BCUT2D eigenvalue weighted by Gasteiger charge is -2.35. The van der Waals surface area contributed by atoms with E-state index in [2.05, 4.69) is 24.5 Å². The van der Waals surface area contributed by atoms with Crippen molar-refractivity contribution in [1.29, 1.82) is 0 Å². The van der Waals surface area contributed by atoms with Gasteiger partial charge in [-0.15, -0.1) is 0 Å². The Balaban J connectivity index is 1.71. The fraction of sp³-hybridized carbons (Fsp3) is 0.500. The van der Waals surface area contributed by atoms with Gasteiger partial charge in [-0.1, -0.05) is 6.07 Å². The number of rotatable bonds is 2. The van der Waals surface area contributed by atoms with E-state index in [1.165, 1.54) is 0 Å². The van der Waals surface area contributed by atoms with Crippen LogP contribution in [0.1, 0.15) is 42.6 Å². The molecule has 2 heterocycles. The van der Waals surface area contributed by atoms with Gasteiger partial charge in [0.15, 0.2) is 0 Å². The van der Waals surface area contributed by atoms with E-state index < -0.39 is 0 Å². The zero-order valence-corrected chi connectivity index (χ0v) is 12.4. The molecule has 0 aliphatic carbocycles. The highest BCUT2D eigenvalue weighted by atomic mass is 16.5. The lowest BCUT2D eigenvalue weighted by molar-refractivity contribution is -0.121. The Kier molecular flexibility index (Phi) is 3.45. The lowest BCUT2D eigenvalue weighted by Crippen LogP contribution is -2.48.